The number of nitrogens with one attached hydrogen (secondary N) is 2. The molecule has 1 atom stereocenters. The highest BCUT2D eigenvalue weighted by molar-refractivity contribution is 5.79. The van der Waals surface area contributed by atoms with Crippen LogP contribution in [-0.4, -0.2) is 38.9 Å². The minimum atomic E-state index is 0.260. The predicted octanol–water partition coefficient (Wildman–Crippen LogP) is 3.05. The summed E-state index contributed by atoms with van der Waals surface area (Å²) >= 11 is 0. The second kappa shape index (κ2) is 10.0. The monoisotopic (exact) mass is 371 g/mol. The fraction of sp³-hybridized carbons (Fsp3) is 0.476. The molecule has 1 aromatic carbocycles. The summed E-state index contributed by atoms with van der Waals surface area (Å²) < 4.78 is 16.6. The van der Waals surface area contributed by atoms with Gasteiger partial charge in [0.2, 0.25) is 0 Å². The summed E-state index contributed by atoms with van der Waals surface area (Å²) in [5, 5.41) is 6.79. The summed E-state index contributed by atoms with van der Waals surface area (Å²) in [6, 6.07) is 10.1. The number of benzene rings is 1. The maximum atomic E-state index is 5.70. The van der Waals surface area contributed by atoms with Crippen LogP contribution in [-0.2, 0) is 17.7 Å². The molecule has 0 amide bonds. The lowest BCUT2D eigenvalue weighted by atomic mass is 10.1. The molecule has 0 bridgehead atoms. The molecule has 0 radical (unpaired) electrons. The molecule has 2 aromatic rings. The van der Waals surface area contributed by atoms with Crippen LogP contribution in [0.1, 0.15) is 29.7 Å². The summed E-state index contributed by atoms with van der Waals surface area (Å²) in [5.74, 6) is 2.61. The second-order valence-electron chi connectivity index (χ2n) is 6.75. The van der Waals surface area contributed by atoms with E-state index >= 15 is 0 Å². The second-order valence-corrected chi connectivity index (χ2v) is 6.75. The molecule has 1 unspecified atom stereocenters. The molecular formula is C21H29N3O3. The van der Waals surface area contributed by atoms with Crippen molar-refractivity contribution in [3.05, 3.63) is 53.5 Å². The molecule has 1 aliphatic heterocycles. The number of furan rings is 1. The summed E-state index contributed by atoms with van der Waals surface area (Å²) in [6.45, 7) is 4.96. The molecule has 1 aliphatic rings. The van der Waals surface area contributed by atoms with Crippen molar-refractivity contribution in [2.24, 2.45) is 4.99 Å². The van der Waals surface area contributed by atoms with Crippen molar-refractivity contribution in [1.29, 1.82) is 0 Å². The van der Waals surface area contributed by atoms with Crippen LogP contribution in [0.3, 0.4) is 0 Å². The van der Waals surface area contributed by atoms with Crippen molar-refractivity contribution in [1.82, 2.24) is 10.6 Å². The zero-order valence-corrected chi connectivity index (χ0v) is 16.2. The van der Waals surface area contributed by atoms with E-state index in [1.807, 2.05) is 18.2 Å². The van der Waals surface area contributed by atoms with Gasteiger partial charge in [-0.2, -0.15) is 0 Å². The smallest absolute Gasteiger partial charge is 0.191 e. The van der Waals surface area contributed by atoms with Crippen LogP contribution in [0.4, 0.5) is 0 Å². The first-order valence-electron chi connectivity index (χ1n) is 9.54. The van der Waals surface area contributed by atoms with Gasteiger partial charge >= 0.3 is 0 Å². The summed E-state index contributed by atoms with van der Waals surface area (Å²) in [7, 11) is 1.69. The molecule has 6 heteroatoms. The standard InChI is InChI=1S/C21H29N3O3/c1-16-7-8-17(20(13-16)25-2)14-23-21(24-15-19-6-4-12-27-19)22-10-9-18-5-3-11-26-18/h3,5,7-8,11,13,19H,4,6,9-10,12,14-15H2,1-2H3,(H2,22,23,24). The largest absolute Gasteiger partial charge is 0.496 e. The van der Waals surface area contributed by atoms with Gasteiger partial charge in [-0.3, -0.25) is 0 Å². The Bertz CT molecular complexity index is 722. The van der Waals surface area contributed by atoms with E-state index in [2.05, 4.69) is 29.7 Å². The lowest BCUT2D eigenvalue weighted by molar-refractivity contribution is 0.114. The molecule has 27 heavy (non-hydrogen) atoms. The van der Waals surface area contributed by atoms with Crippen molar-refractivity contribution in [3.63, 3.8) is 0 Å². The molecule has 0 saturated carbocycles. The normalized spacial score (nSPS) is 17.1. The van der Waals surface area contributed by atoms with Crippen LogP contribution < -0.4 is 15.4 Å². The highest BCUT2D eigenvalue weighted by Gasteiger charge is 2.15. The van der Waals surface area contributed by atoms with Crippen molar-refractivity contribution in [2.75, 3.05) is 26.8 Å². The van der Waals surface area contributed by atoms with Crippen LogP contribution in [0.2, 0.25) is 0 Å². The number of methoxy groups -OCH3 is 1. The van der Waals surface area contributed by atoms with E-state index in [9.17, 15) is 0 Å². The fourth-order valence-electron chi connectivity index (χ4n) is 3.10. The summed E-state index contributed by atoms with van der Waals surface area (Å²) in [6.07, 6.45) is 4.99. The molecule has 0 spiro atoms. The number of ether oxygens (including phenoxy) is 2. The van der Waals surface area contributed by atoms with Crippen LogP contribution >= 0.6 is 0 Å². The molecule has 146 valence electrons. The number of hydrogen-bond donors (Lipinski definition) is 2. The van der Waals surface area contributed by atoms with E-state index < -0.39 is 0 Å². The van der Waals surface area contributed by atoms with E-state index in [0.717, 1.165) is 62.0 Å². The molecule has 1 aromatic heterocycles. The van der Waals surface area contributed by atoms with Crippen molar-refractivity contribution in [2.45, 2.75) is 38.8 Å². The highest BCUT2D eigenvalue weighted by atomic mass is 16.5. The lowest BCUT2D eigenvalue weighted by Gasteiger charge is -2.16. The van der Waals surface area contributed by atoms with Crippen LogP contribution in [0.25, 0.3) is 0 Å². The lowest BCUT2D eigenvalue weighted by Crippen LogP contribution is -2.41. The number of aryl methyl sites for hydroxylation is 1. The third-order valence-electron chi connectivity index (χ3n) is 4.62. The van der Waals surface area contributed by atoms with Crippen molar-refractivity contribution in [3.8, 4) is 5.75 Å². The maximum Gasteiger partial charge on any atom is 0.191 e. The Kier molecular flexibility index (Phi) is 7.16. The van der Waals surface area contributed by atoms with Crippen molar-refractivity contribution < 1.29 is 13.9 Å². The Morgan fingerprint density at radius 1 is 1.30 bits per heavy atom. The van der Waals surface area contributed by atoms with E-state index in [1.165, 1.54) is 5.56 Å². The van der Waals surface area contributed by atoms with Crippen molar-refractivity contribution >= 4 is 5.96 Å². The molecule has 3 rings (SSSR count). The Morgan fingerprint density at radius 2 is 2.22 bits per heavy atom. The zero-order valence-electron chi connectivity index (χ0n) is 16.2. The predicted molar refractivity (Wildman–Crippen MR) is 106 cm³/mol. The number of rotatable bonds is 8. The third kappa shape index (κ3) is 6.03. The first-order valence-corrected chi connectivity index (χ1v) is 9.54. The van der Waals surface area contributed by atoms with Gasteiger partial charge in [0.05, 0.1) is 26.0 Å². The molecule has 1 saturated heterocycles. The third-order valence-corrected chi connectivity index (χ3v) is 4.62. The van der Waals surface area contributed by atoms with Gasteiger partial charge in [-0.25, -0.2) is 4.99 Å². The Labute approximate surface area is 161 Å². The first-order chi connectivity index (χ1) is 13.2. The average molecular weight is 371 g/mol. The number of guanidine groups is 1. The number of nitrogens with zero attached hydrogens (tertiary/aromatic N) is 1. The fourth-order valence-corrected chi connectivity index (χ4v) is 3.10. The van der Waals surface area contributed by atoms with Crippen LogP contribution in [0.5, 0.6) is 5.75 Å². The summed E-state index contributed by atoms with van der Waals surface area (Å²) in [4.78, 5) is 4.74. The average Bonchev–Trinajstić information content (AvgIpc) is 3.38. The van der Waals surface area contributed by atoms with Gasteiger partial charge in [0, 0.05) is 31.7 Å². The van der Waals surface area contributed by atoms with Crippen LogP contribution in [0, 0.1) is 6.92 Å². The minimum Gasteiger partial charge on any atom is -0.496 e. The Hall–Kier alpha value is -2.47. The van der Waals surface area contributed by atoms with E-state index in [1.54, 1.807) is 13.4 Å². The molecule has 0 aliphatic carbocycles. The van der Waals surface area contributed by atoms with Gasteiger partial charge in [0.1, 0.15) is 11.5 Å². The van der Waals surface area contributed by atoms with Gasteiger partial charge in [-0.1, -0.05) is 12.1 Å². The highest BCUT2D eigenvalue weighted by Crippen LogP contribution is 2.20. The van der Waals surface area contributed by atoms with Crippen LogP contribution in [0.15, 0.2) is 46.0 Å². The molecule has 6 nitrogen and oxygen atoms in total. The molecule has 1 fully saturated rings. The topological polar surface area (TPSA) is 68.0 Å². The van der Waals surface area contributed by atoms with Gasteiger partial charge < -0.3 is 24.5 Å². The minimum absolute atomic E-state index is 0.260. The molecule has 2 heterocycles. The van der Waals surface area contributed by atoms with Gasteiger partial charge in [-0.05, 0) is 43.5 Å². The van der Waals surface area contributed by atoms with Gasteiger partial charge in [-0.15, -0.1) is 0 Å². The SMILES string of the molecule is COc1cc(C)ccc1CN=C(NCCc1ccco1)NCC1CCCO1. The van der Waals surface area contributed by atoms with E-state index in [0.29, 0.717) is 6.54 Å². The van der Waals surface area contributed by atoms with E-state index in [-0.39, 0.29) is 6.10 Å². The summed E-state index contributed by atoms with van der Waals surface area (Å²) in [5.41, 5.74) is 2.24. The zero-order chi connectivity index (χ0) is 18.9. The van der Waals surface area contributed by atoms with Gasteiger partial charge in [0.15, 0.2) is 5.96 Å². The molecular weight excluding hydrogens is 342 g/mol. The Balaban J connectivity index is 1.60. The number of hydrogen-bond acceptors (Lipinski definition) is 4. The Morgan fingerprint density at radius 3 is 2.96 bits per heavy atom. The quantitative estimate of drug-likeness (QED) is 0.551. The maximum absolute atomic E-state index is 5.70. The first kappa shape index (κ1) is 19.3. The molecule has 2 N–H and O–H groups in total. The van der Waals surface area contributed by atoms with E-state index in [4.69, 9.17) is 18.9 Å². The van der Waals surface area contributed by atoms with Gasteiger partial charge in [0.25, 0.3) is 0 Å². The number of aliphatic imine (C=N–C) groups is 1.